The summed E-state index contributed by atoms with van der Waals surface area (Å²) in [6.45, 7) is 3.23. The second-order valence-electron chi connectivity index (χ2n) is 6.72. The maximum absolute atomic E-state index is 13.0. The molecule has 2 aromatic heterocycles. The number of thiazole rings is 1. The first-order valence-corrected chi connectivity index (χ1v) is 10.6. The molecule has 2 aliphatic rings. The Morgan fingerprint density at radius 1 is 1.04 bits per heavy atom. The Morgan fingerprint density at radius 3 is 2.65 bits per heavy atom. The van der Waals surface area contributed by atoms with Gasteiger partial charge in [-0.25, -0.2) is 4.98 Å². The van der Waals surface area contributed by atoms with E-state index in [-0.39, 0.29) is 5.91 Å². The summed E-state index contributed by atoms with van der Waals surface area (Å²) in [6.07, 6.45) is 3.94. The highest BCUT2D eigenvalue weighted by Crippen LogP contribution is 2.39. The first-order chi connectivity index (χ1) is 12.8. The Labute approximate surface area is 160 Å². The molecule has 1 saturated heterocycles. The molecule has 5 rings (SSSR count). The van der Waals surface area contributed by atoms with Crippen molar-refractivity contribution in [3.63, 3.8) is 0 Å². The summed E-state index contributed by atoms with van der Waals surface area (Å²) < 4.78 is 0. The van der Waals surface area contributed by atoms with Crippen molar-refractivity contribution >= 4 is 33.7 Å². The van der Waals surface area contributed by atoms with Gasteiger partial charge in [0.15, 0.2) is 5.13 Å². The number of hydrogen-bond acceptors (Lipinski definition) is 5. The number of fused-ring (bicyclic) bond motifs is 3. The zero-order chi connectivity index (χ0) is 17.5. The SMILES string of the molecule is O=C(c1cc2c(s1)-c1ccccc1CC2)N1CCN(c2nccs2)CC1. The van der Waals surface area contributed by atoms with Crippen LogP contribution in [-0.4, -0.2) is 42.0 Å². The highest BCUT2D eigenvalue weighted by molar-refractivity contribution is 7.17. The van der Waals surface area contributed by atoms with Gasteiger partial charge in [0, 0.05) is 42.6 Å². The van der Waals surface area contributed by atoms with Crippen LogP contribution in [0, 0.1) is 0 Å². The molecule has 0 N–H and O–H groups in total. The van der Waals surface area contributed by atoms with E-state index in [1.54, 1.807) is 22.7 Å². The number of nitrogens with zero attached hydrogens (tertiary/aromatic N) is 3. The molecule has 3 heterocycles. The van der Waals surface area contributed by atoms with Gasteiger partial charge in [-0.05, 0) is 35.6 Å². The van der Waals surface area contributed by atoms with Crippen molar-refractivity contribution in [1.29, 1.82) is 0 Å². The molecule has 26 heavy (non-hydrogen) atoms. The van der Waals surface area contributed by atoms with Crippen molar-refractivity contribution < 1.29 is 4.79 Å². The van der Waals surface area contributed by atoms with Crippen LogP contribution in [0.4, 0.5) is 5.13 Å². The van der Waals surface area contributed by atoms with Crippen LogP contribution < -0.4 is 4.90 Å². The monoisotopic (exact) mass is 381 g/mol. The van der Waals surface area contributed by atoms with Gasteiger partial charge in [0.25, 0.3) is 5.91 Å². The molecule has 132 valence electrons. The number of piperazine rings is 1. The van der Waals surface area contributed by atoms with Crippen molar-refractivity contribution in [3.05, 3.63) is 57.9 Å². The van der Waals surface area contributed by atoms with E-state index in [0.717, 1.165) is 49.0 Å². The van der Waals surface area contributed by atoms with Gasteiger partial charge in [-0.2, -0.15) is 0 Å². The summed E-state index contributed by atoms with van der Waals surface area (Å²) >= 11 is 3.32. The molecule has 0 saturated carbocycles. The Bertz CT molecular complexity index is 940. The number of amides is 1. The molecule has 1 aliphatic heterocycles. The van der Waals surface area contributed by atoms with Crippen LogP contribution >= 0.6 is 22.7 Å². The highest BCUT2D eigenvalue weighted by Gasteiger charge is 2.27. The fourth-order valence-corrected chi connectivity index (χ4v) is 5.74. The lowest BCUT2D eigenvalue weighted by atomic mass is 9.91. The second kappa shape index (κ2) is 6.52. The van der Waals surface area contributed by atoms with Crippen LogP contribution in [0.3, 0.4) is 0 Å². The third-order valence-corrected chi connectivity index (χ3v) is 7.23. The number of carbonyl (C=O) groups is 1. The Kier molecular flexibility index (Phi) is 4.02. The summed E-state index contributed by atoms with van der Waals surface area (Å²) in [4.78, 5) is 23.8. The lowest BCUT2D eigenvalue weighted by Crippen LogP contribution is -2.48. The van der Waals surface area contributed by atoms with Crippen LogP contribution in [0.25, 0.3) is 10.4 Å². The van der Waals surface area contributed by atoms with Gasteiger partial charge in [0.2, 0.25) is 0 Å². The van der Waals surface area contributed by atoms with E-state index in [0.29, 0.717) is 0 Å². The van der Waals surface area contributed by atoms with Crippen LogP contribution in [0.15, 0.2) is 41.9 Å². The van der Waals surface area contributed by atoms with E-state index >= 15 is 0 Å². The summed E-state index contributed by atoms with van der Waals surface area (Å²) in [7, 11) is 0. The fraction of sp³-hybridized carbons (Fsp3) is 0.300. The molecule has 6 heteroatoms. The minimum atomic E-state index is 0.181. The second-order valence-corrected chi connectivity index (χ2v) is 8.64. The maximum atomic E-state index is 13.0. The molecule has 0 unspecified atom stereocenters. The number of anilines is 1. The van der Waals surface area contributed by atoms with Crippen molar-refractivity contribution in [2.75, 3.05) is 31.1 Å². The van der Waals surface area contributed by atoms with E-state index in [9.17, 15) is 4.79 Å². The number of thiophene rings is 1. The number of carbonyl (C=O) groups excluding carboxylic acids is 1. The topological polar surface area (TPSA) is 36.4 Å². The van der Waals surface area contributed by atoms with Gasteiger partial charge in [0.05, 0.1) is 4.88 Å². The van der Waals surface area contributed by atoms with Gasteiger partial charge >= 0.3 is 0 Å². The molecular formula is C20H19N3OS2. The Balaban J connectivity index is 1.34. The molecule has 3 aromatic rings. The van der Waals surface area contributed by atoms with Crippen molar-refractivity contribution in [3.8, 4) is 10.4 Å². The normalized spacial score (nSPS) is 16.3. The highest BCUT2D eigenvalue weighted by atomic mass is 32.1. The number of aromatic nitrogens is 1. The Hall–Kier alpha value is -2.18. The molecule has 0 spiro atoms. The summed E-state index contributed by atoms with van der Waals surface area (Å²) in [5, 5.41) is 3.06. The third-order valence-electron chi connectivity index (χ3n) is 5.20. The Morgan fingerprint density at radius 2 is 1.85 bits per heavy atom. The fourth-order valence-electron chi connectivity index (χ4n) is 3.81. The molecule has 1 amide bonds. The molecule has 4 nitrogen and oxygen atoms in total. The summed E-state index contributed by atoms with van der Waals surface area (Å²) in [5.74, 6) is 0.181. The molecule has 1 aromatic carbocycles. The summed E-state index contributed by atoms with van der Waals surface area (Å²) in [6, 6.07) is 10.7. The van der Waals surface area contributed by atoms with Gasteiger partial charge in [0.1, 0.15) is 0 Å². The third kappa shape index (κ3) is 2.73. The number of hydrogen-bond donors (Lipinski definition) is 0. The van der Waals surface area contributed by atoms with Gasteiger partial charge in [-0.15, -0.1) is 22.7 Å². The van der Waals surface area contributed by atoms with Crippen molar-refractivity contribution in [2.45, 2.75) is 12.8 Å². The first kappa shape index (κ1) is 16.0. The average molecular weight is 382 g/mol. The standard InChI is InChI=1S/C20H19N3OS2/c24-19(22-8-10-23(11-9-22)20-21-7-12-25-20)17-13-15-6-5-14-3-1-2-4-16(14)18(15)26-17/h1-4,7,12-13H,5-6,8-11H2. The molecule has 1 fully saturated rings. The molecular weight excluding hydrogens is 362 g/mol. The van der Waals surface area contributed by atoms with Crippen LogP contribution in [0.5, 0.6) is 0 Å². The number of benzene rings is 1. The maximum Gasteiger partial charge on any atom is 0.264 e. The average Bonchev–Trinajstić information content (AvgIpc) is 3.37. The molecule has 1 aliphatic carbocycles. The quantitative estimate of drug-likeness (QED) is 0.675. The molecule has 0 bridgehead atoms. The number of rotatable bonds is 2. The van der Waals surface area contributed by atoms with Gasteiger partial charge in [-0.1, -0.05) is 24.3 Å². The van der Waals surface area contributed by atoms with Gasteiger partial charge < -0.3 is 9.80 Å². The lowest BCUT2D eigenvalue weighted by Gasteiger charge is -2.34. The first-order valence-electron chi connectivity index (χ1n) is 8.94. The van der Waals surface area contributed by atoms with E-state index in [2.05, 4.69) is 40.2 Å². The zero-order valence-corrected chi connectivity index (χ0v) is 16.0. The van der Waals surface area contributed by atoms with Crippen LogP contribution in [-0.2, 0) is 12.8 Å². The predicted molar refractivity (Wildman–Crippen MR) is 107 cm³/mol. The predicted octanol–water partition coefficient (Wildman–Crippen LogP) is 3.93. The summed E-state index contributed by atoms with van der Waals surface area (Å²) in [5.41, 5.74) is 4.04. The van der Waals surface area contributed by atoms with E-state index in [4.69, 9.17) is 0 Å². The van der Waals surface area contributed by atoms with Crippen molar-refractivity contribution in [1.82, 2.24) is 9.88 Å². The minimum Gasteiger partial charge on any atom is -0.345 e. The van der Waals surface area contributed by atoms with E-state index < -0.39 is 0 Å². The minimum absolute atomic E-state index is 0.181. The lowest BCUT2D eigenvalue weighted by molar-refractivity contribution is 0.0751. The number of aryl methyl sites for hydroxylation is 2. The zero-order valence-electron chi connectivity index (χ0n) is 14.4. The smallest absolute Gasteiger partial charge is 0.264 e. The van der Waals surface area contributed by atoms with Crippen LogP contribution in [0.1, 0.15) is 20.8 Å². The van der Waals surface area contributed by atoms with E-state index in [1.807, 2.05) is 16.5 Å². The van der Waals surface area contributed by atoms with Crippen LogP contribution in [0.2, 0.25) is 0 Å². The van der Waals surface area contributed by atoms with Crippen molar-refractivity contribution in [2.24, 2.45) is 0 Å². The van der Waals surface area contributed by atoms with E-state index in [1.165, 1.54) is 21.6 Å². The molecule has 0 atom stereocenters. The molecule has 0 radical (unpaired) electrons. The van der Waals surface area contributed by atoms with Gasteiger partial charge in [-0.3, -0.25) is 4.79 Å². The largest absolute Gasteiger partial charge is 0.345 e.